The Hall–Kier alpha value is -3.21. The molecule has 0 fully saturated rings. The van der Waals surface area contributed by atoms with Crippen LogP contribution in [0.25, 0.3) is 11.8 Å². The van der Waals surface area contributed by atoms with Gasteiger partial charge in [-0.05, 0) is 35.9 Å². The van der Waals surface area contributed by atoms with Crippen molar-refractivity contribution in [3.05, 3.63) is 90.3 Å². The van der Waals surface area contributed by atoms with Crippen LogP contribution in [0.15, 0.2) is 73.2 Å². The molecule has 0 aliphatic heterocycles. The highest BCUT2D eigenvalue weighted by molar-refractivity contribution is 5.88. The lowest BCUT2D eigenvalue weighted by Gasteiger charge is -2.07. The second-order valence-corrected chi connectivity index (χ2v) is 5.04. The molecule has 0 N–H and O–H groups in total. The molecule has 1 heterocycles. The van der Waals surface area contributed by atoms with E-state index in [1.54, 1.807) is 22.8 Å². The highest BCUT2D eigenvalue weighted by Crippen LogP contribution is 2.13. The van der Waals surface area contributed by atoms with E-state index in [0.29, 0.717) is 5.69 Å². The van der Waals surface area contributed by atoms with E-state index in [9.17, 15) is 9.18 Å². The van der Waals surface area contributed by atoms with Crippen molar-refractivity contribution in [2.24, 2.45) is 0 Å². The Balaban J connectivity index is 1.65. The van der Waals surface area contributed by atoms with Crippen LogP contribution in [-0.4, -0.2) is 22.1 Å². The minimum Gasteiger partial charge on any atom is -0.457 e. The van der Waals surface area contributed by atoms with Gasteiger partial charge in [-0.3, -0.25) is 4.57 Å². The molecular formula is C19H15FN2O2. The zero-order chi connectivity index (χ0) is 16.8. The molecule has 120 valence electrons. The molecule has 24 heavy (non-hydrogen) atoms. The Morgan fingerprint density at radius 3 is 2.62 bits per heavy atom. The van der Waals surface area contributed by atoms with E-state index in [1.165, 1.54) is 24.7 Å². The number of esters is 1. The Kier molecular flexibility index (Phi) is 4.81. The number of nitrogens with zero attached hydrogens (tertiary/aromatic N) is 2. The summed E-state index contributed by atoms with van der Waals surface area (Å²) in [6.07, 6.45) is 6.56. The number of benzene rings is 2. The maximum atomic E-state index is 13.0. The zero-order valence-electron chi connectivity index (χ0n) is 12.8. The summed E-state index contributed by atoms with van der Waals surface area (Å²) < 4.78 is 19.8. The first kappa shape index (κ1) is 15.7. The molecule has 0 unspecified atom stereocenters. The van der Waals surface area contributed by atoms with Crippen LogP contribution in [0.1, 0.15) is 16.1 Å². The molecule has 0 spiro atoms. The first-order valence-electron chi connectivity index (χ1n) is 7.41. The summed E-state index contributed by atoms with van der Waals surface area (Å²) in [6, 6.07) is 15.5. The fraction of sp³-hybridized carbons (Fsp3) is 0.0526. The van der Waals surface area contributed by atoms with Crippen molar-refractivity contribution in [1.82, 2.24) is 9.55 Å². The molecule has 2 aromatic carbocycles. The van der Waals surface area contributed by atoms with Gasteiger partial charge in [0, 0.05) is 5.69 Å². The quantitative estimate of drug-likeness (QED) is 0.670. The normalized spacial score (nSPS) is 10.9. The number of ether oxygens (including phenoxy) is 1. The molecule has 0 aliphatic carbocycles. The van der Waals surface area contributed by atoms with Crippen LogP contribution >= 0.6 is 0 Å². The minimum atomic E-state index is -0.491. The average Bonchev–Trinajstić information content (AvgIpc) is 3.10. The number of carbonyl (C=O) groups excluding carboxylic acids is 1. The van der Waals surface area contributed by atoms with E-state index in [0.717, 1.165) is 5.56 Å². The first-order chi connectivity index (χ1) is 11.7. The van der Waals surface area contributed by atoms with Gasteiger partial charge in [0.25, 0.3) is 0 Å². The fourth-order valence-electron chi connectivity index (χ4n) is 2.20. The van der Waals surface area contributed by atoms with E-state index < -0.39 is 5.97 Å². The molecule has 0 saturated heterocycles. The van der Waals surface area contributed by atoms with Crippen LogP contribution in [0.4, 0.5) is 4.39 Å². The summed E-state index contributed by atoms with van der Waals surface area (Å²) in [5, 5.41) is 0. The smallest absolute Gasteiger partial charge is 0.357 e. The summed E-state index contributed by atoms with van der Waals surface area (Å²) >= 11 is 0. The van der Waals surface area contributed by atoms with Crippen molar-refractivity contribution in [3.63, 3.8) is 0 Å². The molecule has 0 amide bonds. The van der Waals surface area contributed by atoms with Crippen molar-refractivity contribution in [1.29, 1.82) is 0 Å². The predicted octanol–water partition coefficient (Wildman–Crippen LogP) is 3.88. The summed E-state index contributed by atoms with van der Waals surface area (Å²) in [7, 11) is 0. The SMILES string of the molecule is O=C(OC/C=C/c1ccccc1)c1cncn1-c1ccc(F)cc1. The fourth-order valence-corrected chi connectivity index (χ4v) is 2.20. The van der Waals surface area contributed by atoms with Gasteiger partial charge in [-0.25, -0.2) is 14.2 Å². The molecule has 0 radical (unpaired) electrons. The largest absolute Gasteiger partial charge is 0.457 e. The number of rotatable bonds is 5. The molecule has 3 aromatic rings. The van der Waals surface area contributed by atoms with Crippen molar-refractivity contribution in [3.8, 4) is 5.69 Å². The standard InChI is InChI=1S/C19H15FN2O2/c20-16-8-10-17(11-9-16)22-14-21-13-18(22)19(23)24-12-4-7-15-5-2-1-3-6-15/h1-11,13-14H,12H2/b7-4+. The topological polar surface area (TPSA) is 44.1 Å². The molecular weight excluding hydrogens is 307 g/mol. The summed E-state index contributed by atoms with van der Waals surface area (Å²) in [6.45, 7) is 0.155. The molecule has 1 aromatic heterocycles. The van der Waals surface area contributed by atoms with Crippen molar-refractivity contribution in [2.75, 3.05) is 6.61 Å². The molecule has 0 atom stereocenters. The third-order valence-electron chi connectivity index (χ3n) is 3.37. The number of hydrogen-bond acceptors (Lipinski definition) is 3. The highest BCUT2D eigenvalue weighted by atomic mass is 19.1. The molecule has 0 bridgehead atoms. The van der Waals surface area contributed by atoms with E-state index >= 15 is 0 Å². The number of carbonyl (C=O) groups is 1. The van der Waals surface area contributed by atoms with Crippen LogP contribution in [0.2, 0.25) is 0 Å². The Morgan fingerprint density at radius 2 is 1.88 bits per heavy atom. The van der Waals surface area contributed by atoms with Crippen molar-refractivity contribution in [2.45, 2.75) is 0 Å². The molecule has 5 heteroatoms. The van der Waals surface area contributed by atoms with Gasteiger partial charge in [0.15, 0.2) is 5.69 Å². The van der Waals surface area contributed by atoms with E-state index in [2.05, 4.69) is 4.98 Å². The van der Waals surface area contributed by atoms with Gasteiger partial charge in [-0.1, -0.05) is 36.4 Å². The van der Waals surface area contributed by atoms with E-state index in [1.807, 2.05) is 36.4 Å². The van der Waals surface area contributed by atoms with Gasteiger partial charge in [-0.15, -0.1) is 0 Å². The summed E-state index contributed by atoms with van der Waals surface area (Å²) in [5.74, 6) is -0.830. The zero-order valence-corrected chi connectivity index (χ0v) is 12.8. The lowest BCUT2D eigenvalue weighted by molar-refractivity contribution is 0.0541. The lowest BCUT2D eigenvalue weighted by atomic mass is 10.2. The van der Waals surface area contributed by atoms with Crippen LogP contribution in [0.5, 0.6) is 0 Å². The first-order valence-corrected chi connectivity index (χ1v) is 7.41. The van der Waals surface area contributed by atoms with Gasteiger partial charge in [0.05, 0.1) is 12.5 Å². The van der Waals surface area contributed by atoms with E-state index in [-0.39, 0.29) is 18.1 Å². The molecule has 4 nitrogen and oxygen atoms in total. The summed E-state index contributed by atoms with van der Waals surface area (Å²) in [5.41, 5.74) is 1.96. The van der Waals surface area contributed by atoms with Crippen molar-refractivity contribution < 1.29 is 13.9 Å². The van der Waals surface area contributed by atoms with Crippen LogP contribution < -0.4 is 0 Å². The predicted molar refractivity (Wildman–Crippen MR) is 89.3 cm³/mol. The minimum absolute atomic E-state index is 0.155. The Bertz CT molecular complexity index is 839. The number of halogens is 1. The van der Waals surface area contributed by atoms with Crippen LogP contribution in [0.3, 0.4) is 0 Å². The van der Waals surface area contributed by atoms with Gasteiger partial charge in [-0.2, -0.15) is 0 Å². The van der Waals surface area contributed by atoms with Crippen molar-refractivity contribution >= 4 is 12.0 Å². The summed E-state index contributed by atoms with van der Waals surface area (Å²) in [4.78, 5) is 16.2. The Labute approximate surface area is 138 Å². The Morgan fingerprint density at radius 1 is 1.12 bits per heavy atom. The lowest BCUT2D eigenvalue weighted by Crippen LogP contribution is -2.10. The highest BCUT2D eigenvalue weighted by Gasteiger charge is 2.14. The van der Waals surface area contributed by atoms with Gasteiger partial charge in [0.2, 0.25) is 0 Å². The van der Waals surface area contributed by atoms with Gasteiger partial charge in [0.1, 0.15) is 12.4 Å². The molecule has 0 saturated carbocycles. The van der Waals surface area contributed by atoms with Gasteiger partial charge >= 0.3 is 5.97 Å². The van der Waals surface area contributed by atoms with E-state index in [4.69, 9.17) is 4.74 Å². The second kappa shape index (κ2) is 7.37. The maximum Gasteiger partial charge on any atom is 0.357 e. The van der Waals surface area contributed by atoms with Crippen LogP contribution in [0, 0.1) is 5.82 Å². The number of imidazole rings is 1. The number of hydrogen-bond donors (Lipinski definition) is 0. The third kappa shape index (κ3) is 3.76. The molecule has 3 rings (SSSR count). The van der Waals surface area contributed by atoms with Crippen LogP contribution in [-0.2, 0) is 4.74 Å². The maximum absolute atomic E-state index is 13.0. The third-order valence-corrected chi connectivity index (χ3v) is 3.37. The monoisotopic (exact) mass is 322 g/mol. The number of aromatic nitrogens is 2. The van der Waals surface area contributed by atoms with Gasteiger partial charge < -0.3 is 4.74 Å². The second-order valence-electron chi connectivity index (χ2n) is 5.04. The average molecular weight is 322 g/mol. The molecule has 0 aliphatic rings.